The Balaban J connectivity index is 2.51. The topological polar surface area (TPSA) is 93.2 Å². The van der Waals surface area contributed by atoms with Crippen LogP contribution >= 0.6 is 11.3 Å². The van der Waals surface area contributed by atoms with Crippen LogP contribution in [0.3, 0.4) is 0 Å². The molecule has 0 saturated heterocycles. The number of ether oxygens (including phenoxy) is 1. The van der Waals surface area contributed by atoms with Gasteiger partial charge in [0.2, 0.25) is 5.75 Å². The van der Waals surface area contributed by atoms with Gasteiger partial charge in [-0.05, 0) is 17.5 Å². The lowest BCUT2D eigenvalue weighted by Gasteiger charge is -2.10. The molecule has 2 rings (SSSR count). The summed E-state index contributed by atoms with van der Waals surface area (Å²) in [5.74, 6) is -1.63. The van der Waals surface area contributed by atoms with E-state index >= 15 is 0 Å². The van der Waals surface area contributed by atoms with Crippen LogP contribution in [-0.4, -0.2) is 17.8 Å². The van der Waals surface area contributed by atoms with E-state index < -0.39 is 16.6 Å². The van der Waals surface area contributed by atoms with Gasteiger partial charge in [-0.2, -0.15) is 5.26 Å². The molecule has 7 heteroatoms. The van der Waals surface area contributed by atoms with Gasteiger partial charge < -0.3 is 4.74 Å². The van der Waals surface area contributed by atoms with Crippen LogP contribution < -0.4 is 4.74 Å². The molecule has 0 spiro atoms. The number of carbonyl (C=O) groups is 1. The number of nitro benzene ring substituents is 1. The van der Waals surface area contributed by atoms with Crippen molar-refractivity contribution in [2.75, 3.05) is 7.11 Å². The van der Waals surface area contributed by atoms with Gasteiger partial charge in [0.1, 0.15) is 5.92 Å². The van der Waals surface area contributed by atoms with Gasteiger partial charge in [-0.3, -0.25) is 14.9 Å². The van der Waals surface area contributed by atoms with Gasteiger partial charge in [0.15, 0.2) is 5.78 Å². The van der Waals surface area contributed by atoms with E-state index in [0.29, 0.717) is 4.88 Å². The highest BCUT2D eigenvalue weighted by atomic mass is 32.1. The van der Waals surface area contributed by atoms with Crippen LogP contribution in [0, 0.1) is 21.4 Å². The smallest absolute Gasteiger partial charge is 0.311 e. The molecule has 0 amide bonds. The molecule has 0 aliphatic heterocycles. The molecule has 1 unspecified atom stereocenters. The van der Waals surface area contributed by atoms with Crippen LogP contribution in [-0.2, 0) is 0 Å². The van der Waals surface area contributed by atoms with Crippen molar-refractivity contribution in [2.45, 2.75) is 5.92 Å². The van der Waals surface area contributed by atoms with Crippen molar-refractivity contribution < 1.29 is 14.5 Å². The molecule has 0 N–H and O–H groups in total. The number of thiophene rings is 1. The first-order valence-corrected chi connectivity index (χ1v) is 6.76. The molecule has 0 bridgehead atoms. The summed E-state index contributed by atoms with van der Waals surface area (Å²) in [6.07, 6.45) is 0. The summed E-state index contributed by atoms with van der Waals surface area (Å²) < 4.78 is 5.00. The van der Waals surface area contributed by atoms with E-state index in [1.807, 2.05) is 6.07 Å². The average molecular weight is 302 g/mol. The Kier molecular flexibility index (Phi) is 4.30. The third-order valence-electron chi connectivity index (χ3n) is 2.88. The summed E-state index contributed by atoms with van der Waals surface area (Å²) in [6.45, 7) is 0. The Morgan fingerprint density at radius 3 is 2.71 bits per heavy atom. The molecular formula is C14H10N2O4S. The maximum atomic E-state index is 12.5. The minimum atomic E-state index is -0.999. The summed E-state index contributed by atoms with van der Waals surface area (Å²) in [5, 5.41) is 22.0. The number of carbonyl (C=O) groups excluding carboxylic acids is 1. The fourth-order valence-corrected chi connectivity index (χ4v) is 2.71. The normalized spacial score (nSPS) is 11.4. The summed E-state index contributed by atoms with van der Waals surface area (Å²) in [5.41, 5.74) is -0.266. The van der Waals surface area contributed by atoms with Crippen LogP contribution in [0.2, 0.25) is 0 Å². The van der Waals surface area contributed by atoms with Crippen molar-refractivity contribution in [3.05, 3.63) is 56.3 Å². The molecule has 21 heavy (non-hydrogen) atoms. The van der Waals surface area contributed by atoms with Gasteiger partial charge in [-0.1, -0.05) is 12.1 Å². The van der Waals surface area contributed by atoms with Crippen LogP contribution in [0.1, 0.15) is 21.2 Å². The Morgan fingerprint density at radius 2 is 2.19 bits per heavy atom. The van der Waals surface area contributed by atoms with Crippen molar-refractivity contribution in [1.82, 2.24) is 0 Å². The van der Waals surface area contributed by atoms with Crippen LogP contribution in [0.5, 0.6) is 5.75 Å². The number of nitrogens with zero attached hydrogens (tertiary/aromatic N) is 2. The highest BCUT2D eigenvalue weighted by Crippen LogP contribution is 2.34. The molecule has 6 nitrogen and oxygen atoms in total. The quantitative estimate of drug-likeness (QED) is 0.480. The highest BCUT2D eigenvalue weighted by Gasteiger charge is 2.29. The number of nitro groups is 1. The second-order valence-corrected chi connectivity index (χ2v) is 5.04. The first-order chi connectivity index (χ1) is 10.1. The minimum absolute atomic E-state index is 0.0339. The Hall–Kier alpha value is -2.72. The fourth-order valence-electron chi connectivity index (χ4n) is 1.94. The number of hydrogen-bond acceptors (Lipinski definition) is 6. The van der Waals surface area contributed by atoms with Gasteiger partial charge in [-0.15, -0.1) is 11.3 Å². The molecule has 1 heterocycles. The van der Waals surface area contributed by atoms with Gasteiger partial charge in [0, 0.05) is 10.9 Å². The van der Waals surface area contributed by atoms with Gasteiger partial charge in [0.05, 0.1) is 23.7 Å². The summed E-state index contributed by atoms with van der Waals surface area (Å²) in [4.78, 5) is 23.5. The summed E-state index contributed by atoms with van der Waals surface area (Å²) >= 11 is 1.28. The van der Waals surface area contributed by atoms with E-state index in [-0.39, 0.29) is 17.0 Å². The molecule has 0 radical (unpaired) electrons. The molecule has 0 saturated carbocycles. The highest BCUT2D eigenvalue weighted by molar-refractivity contribution is 7.10. The molecule has 106 valence electrons. The number of para-hydroxylation sites is 1. The number of nitriles is 1. The van der Waals surface area contributed by atoms with E-state index in [1.54, 1.807) is 17.5 Å². The van der Waals surface area contributed by atoms with Crippen LogP contribution in [0.15, 0.2) is 35.7 Å². The van der Waals surface area contributed by atoms with Crippen LogP contribution in [0.25, 0.3) is 0 Å². The zero-order valence-electron chi connectivity index (χ0n) is 11.0. The van der Waals surface area contributed by atoms with Gasteiger partial charge in [-0.25, -0.2) is 0 Å². The van der Waals surface area contributed by atoms with Crippen molar-refractivity contribution in [1.29, 1.82) is 5.26 Å². The number of Topliss-reactive ketones (excluding diaryl/α,β-unsaturated/α-hetero) is 1. The molecule has 0 aliphatic carbocycles. The first kappa shape index (κ1) is 14.7. The zero-order valence-corrected chi connectivity index (χ0v) is 11.8. The maximum Gasteiger partial charge on any atom is 0.311 e. The van der Waals surface area contributed by atoms with Crippen molar-refractivity contribution in [3.63, 3.8) is 0 Å². The zero-order chi connectivity index (χ0) is 15.4. The standard InChI is InChI=1S/C14H10N2O4S/c1-20-14-9(4-2-5-11(14)16(18)19)13(17)10(8-15)12-6-3-7-21-12/h2-7,10H,1H3. The van der Waals surface area contributed by atoms with Crippen molar-refractivity contribution in [2.24, 2.45) is 0 Å². The molecule has 0 aliphatic rings. The monoisotopic (exact) mass is 302 g/mol. The van der Waals surface area contributed by atoms with E-state index in [1.165, 1.54) is 36.6 Å². The van der Waals surface area contributed by atoms with Crippen molar-refractivity contribution >= 4 is 22.8 Å². The first-order valence-electron chi connectivity index (χ1n) is 5.88. The number of ketones is 1. The lowest BCUT2D eigenvalue weighted by Crippen LogP contribution is -2.12. The molecule has 1 aromatic heterocycles. The predicted molar refractivity (Wildman–Crippen MR) is 76.7 cm³/mol. The van der Waals surface area contributed by atoms with E-state index in [4.69, 9.17) is 4.74 Å². The third kappa shape index (κ3) is 2.75. The largest absolute Gasteiger partial charge is 0.490 e. The summed E-state index contributed by atoms with van der Waals surface area (Å²) in [6, 6.07) is 9.43. The number of hydrogen-bond donors (Lipinski definition) is 0. The Labute approximate surface area is 124 Å². The van der Waals surface area contributed by atoms with Gasteiger partial charge in [0.25, 0.3) is 0 Å². The molecule has 1 atom stereocenters. The molecule has 1 aromatic carbocycles. The minimum Gasteiger partial charge on any atom is -0.490 e. The van der Waals surface area contributed by atoms with Crippen LogP contribution in [0.4, 0.5) is 5.69 Å². The maximum absolute atomic E-state index is 12.5. The summed E-state index contributed by atoms with van der Waals surface area (Å²) in [7, 11) is 1.26. The number of rotatable bonds is 5. The lowest BCUT2D eigenvalue weighted by atomic mass is 9.96. The molecule has 2 aromatic rings. The third-order valence-corrected chi connectivity index (χ3v) is 3.82. The van der Waals surface area contributed by atoms with Gasteiger partial charge >= 0.3 is 5.69 Å². The predicted octanol–water partition coefficient (Wildman–Crippen LogP) is 3.15. The lowest BCUT2D eigenvalue weighted by molar-refractivity contribution is -0.385. The van der Waals surface area contributed by atoms with E-state index in [9.17, 15) is 20.2 Å². The number of benzene rings is 1. The Bertz CT molecular complexity index is 719. The second-order valence-electron chi connectivity index (χ2n) is 4.06. The van der Waals surface area contributed by atoms with Crippen molar-refractivity contribution in [3.8, 4) is 11.8 Å². The number of methoxy groups -OCH3 is 1. The molecule has 0 fully saturated rings. The molecular weight excluding hydrogens is 292 g/mol. The Morgan fingerprint density at radius 1 is 1.43 bits per heavy atom. The van der Waals surface area contributed by atoms with E-state index in [0.717, 1.165) is 0 Å². The second kappa shape index (κ2) is 6.15. The SMILES string of the molecule is COc1c(C(=O)C(C#N)c2cccs2)cccc1[N+](=O)[O-]. The fraction of sp³-hybridized carbons (Fsp3) is 0.143. The average Bonchev–Trinajstić information content (AvgIpc) is 3.00. The van der Waals surface area contributed by atoms with E-state index in [2.05, 4.69) is 0 Å².